The molecule has 0 spiro atoms. The third-order valence-corrected chi connectivity index (χ3v) is 3.82. The summed E-state index contributed by atoms with van der Waals surface area (Å²) < 4.78 is 11.2. The van der Waals surface area contributed by atoms with E-state index in [4.69, 9.17) is 20.2 Å². The molecule has 3 rings (SSSR count). The minimum absolute atomic E-state index is 0.430. The third-order valence-electron chi connectivity index (χ3n) is 3.82. The highest BCUT2D eigenvalue weighted by atomic mass is 16.5. The van der Waals surface area contributed by atoms with E-state index in [0.29, 0.717) is 18.2 Å². The molecule has 4 nitrogen and oxygen atoms in total. The molecule has 1 aromatic carbocycles. The van der Waals surface area contributed by atoms with Crippen LogP contribution < -0.4 is 15.2 Å². The van der Waals surface area contributed by atoms with Gasteiger partial charge >= 0.3 is 0 Å². The summed E-state index contributed by atoms with van der Waals surface area (Å²) in [5, 5.41) is 0. The highest BCUT2D eigenvalue weighted by molar-refractivity contribution is 5.40. The van der Waals surface area contributed by atoms with E-state index in [2.05, 4.69) is 6.07 Å². The average Bonchev–Trinajstić information content (AvgIpc) is 2.54. The van der Waals surface area contributed by atoms with Gasteiger partial charge in [0.2, 0.25) is 5.88 Å². The normalized spacial score (nSPS) is 13.6. The number of fused-ring (bicyclic) bond motifs is 1. The number of rotatable bonds is 4. The molecule has 1 heterocycles. The standard InChI is InChI=1S/C17H20N2O2/c1-20-14-6-4-7-15(10-14)21-17-13(11-18)9-12-5-2-3-8-16(12)19-17/h4,6-7,9-10H,2-3,5,8,11,18H2,1H3. The largest absolute Gasteiger partial charge is 0.497 e. The highest BCUT2D eigenvalue weighted by Crippen LogP contribution is 2.30. The molecule has 0 radical (unpaired) electrons. The molecule has 4 heteroatoms. The lowest BCUT2D eigenvalue weighted by molar-refractivity contribution is 0.406. The SMILES string of the molecule is COc1cccc(Oc2nc3c(cc2CN)CCCC3)c1. The van der Waals surface area contributed by atoms with Gasteiger partial charge in [-0.2, -0.15) is 0 Å². The number of methoxy groups -OCH3 is 1. The molecule has 0 unspecified atom stereocenters. The zero-order valence-electron chi connectivity index (χ0n) is 12.3. The topological polar surface area (TPSA) is 57.4 Å². The first kappa shape index (κ1) is 13.9. The molecule has 0 fully saturated rings. The molecular formula is C17H20N2O2. The lowest BCUT2D eigenvalue weighted by Crippen LogP contribution is -2.10. The van der Waals surface area contributed by atoms with Crippen molar-refractivity contribution >= 4 is 0 Å². The lowest BCUT2D eigenvalue weighted by atomic mass is 9.95. The van der Waals surface area contributed by atoms with E-state index in [9.17, 15) is 0 Å². The van der Waals surface area contributed by atoms with Crippen molar-refractivity contribution < 1.29 is 9.47 Å². The molecule has 1 aliphatic rings. The van der Waals surface area contributed by atoms with E-state index in [0.717, 1.165) is 29.8 Å². The first-order valence-corrected chi connectivity index (χ1v) is 7.34. The van der Waals surface area contributed by atoms with Crippen LogP contribution in [0.3, 0.4) is 0 Å². The molecule has 2 aromatic rings. The summed E-state index contributed by atoms with van der Waals surface area (Å²) in [7, 11) is 1.64. The first-order chi connectivity index (χ1) is 10.3. The van der Waals surface area contributed by atoms with Crippen molar-refractivity contribution in [1.29, 1.82) is 0 Å². The summed E-state index contributed by atoms with van der Waals surface area (Å²) in [6, 6.07) is 9.67. The fourth-order valence-electron chi connectivity index (χ4n) is 2.67. The van der Waals surface area contributed by atoms with Crippen LogP contribution in [0, 0.1) is 0 Å². The number of aryl methyl sites for hydroxylation is 2. The minimum Gasteiger partial charge on any atom is -0.497 e. The number of aromatic nitrogens is 1. The van der Waals surface area contributed by atoms with Crippen LogP contribution in [0.1, 0.15) is 29.7 Å². The van der Waals surface area contributed by atoms with Crippen LogP contribution in [0.4, 0.5) is 0 Å². The lowest BCUT2D eigenvalue weighted by Gasteiger charge is -2.18. The Labute approximate surface area is 124 Å². The number of hydrogen-bond donors (Lipinski definition) is 1. The summed E-state index contributed by atoms with van der Waals surface area (Å²) in [5.74, 6) is 2.10. The van der Waals surface area contributed by atoms with Crippen molar-refractivity contribution in [3.8, 4) is 17.4 Å². The number of nitrogens with two attached hydrogens (primary N) is 1. The van der Waals surface area contributed by atoms with E-state index in [-0.39, 0.29) is 0 Å². The Morgan fingerprint density at radius 2 is 1.95 bits per heavy atom. The number of hydrogen-bond acceptors (Lipinski definition) is 4. The van der Waals surface area contributed by atoms with Crippen LogP contribution in [0.25, 0.3) is 0 Å². The quantitative estimate of drug-likeness (QED) is 0.936. The second-order valence-electron chi connectivity index (χ2n) is 5.25. The summed E-state index contributed by atoms with van der Waals surface area (Å²) >= 11 is 0. The first-order valence-electron chi connectivity index (χ1n) is 7.34. The Bertz CT molecular complexity index is 641. The molecule has 0 bridgehead atoms. The fraction of sp³-hybridized carbons (Fsp3) is 0.353. The van der Waals surface area contributed by atoms with Gasteiger partial charge in [-0.15, -0.1) is 0 Å². The van der Waals surface area contributed by atoms with E-state index < -0.39 is 0 Å². The van der Waals surface area contributed by atoms with Crippen molar-refractivity contribution in [1.82, 2.24) is 4.98 Å². The van der Waals surface area contributed by atoms with Gasteiger partial charge in [-0.1, -0.05) is 6.07 Å². The Balaban J connectivity index is 1.93. The summed E-state index contributed by atoms with van der Waals surface area (Å²) in [4.78, 5) is 4.69. The second-order valence-corrected chi connectivity index (χ2v) is 5.25. The van der Waals surface area contributed by atoms with Crippen molar-refractivity contribution in [3.05, 3.63) is 47.2 Å². The highest BCUT2D eigenvalue weighted by Gasteiger charge is 2.16. The molecule has 110 valence electrons. The maximum absolute atomic E-state index is 5.94. The van der Waals surface area contributed by atoms with E-state index >= 15 is 0 Å². The minimum atomic E-state index is 0.430. The molecule has 0 saturated carbocycles. The molecule has 0 atom stereocenters. The van der Waals surface area contributed by atoms with Gasteiger partial charge in [0.05, 0.1) is 7.11 Å². The monoisotopic (exact) mass is 284 g/mol. The Morgan fingerprint density at radius 3 is 2.76 bits per heavy atom. The Hall–Kier alpha value is -2.07. The number of pyridine rings is 1. The van der Waals surface area contributed by atoms with Crippen LogP contribution in [-0.4, -0.2) is 12.1 Å². The van der Waals surface area contributed by atoms with Crippen LogP contribution in [0.15, 0.2) is 30.3 Å². The van der Waals surface area contributed by atoms with E-state index in [1.807, 2.05) is 24.3 Å². The van der Waals surface area contributed by atoms with Gasteiger partial charge in [0, 0.05) is 23.9 Å². The maximum Gasteiger partial charge on any atom is 0.223 e. The number of benzene rings is 1. The Morgan fingerprint density at radius 1 is 1.14 bits per heavy atom. The van der Waals surface area contributed by atoms with Gasteiger partial charge in [-0.05, 0) is 49.4 Å². The average molecular weight is 284 g/mol. The van der Waals surface area contributed by atoms with Crippen molar-refractivity contribution in [2.75, 3.05) is 7.11 Å². The number of nitrogens with zero attached hydrogens (tertiary/aromatic N) is 1. The van der Waals surface area contributed by atoms with Crippen LogP contribution in [0.5, 0.6) is 17.4 Å². The molecule has 1 aliphatic carbocycles. The van der Waals surface area contributed by atoms with Crippen LogP contribution >= 0.6 is 0 Å². The van der Waals surface area contributed by atoms with Crippen LogP contribution in [-0.2, 0) is 19.4 Å². The van der Waals surface area contributed by atoms with Crippen molar-refractivity contribution in [3.63, 3.8) is 0 Å². The third kappa shape index (κ3) is 3.00. The Kier molecular flexibility index (Phi) is 4.06. The number of ether oxygens (including phenoxy) is 2. The molecule has 2 N–H and O–H groups in total. The van der Waals surface area contributed by atoms with Crippen molar-refractivity contribution in [2.45, 2.75) is 32.2 Å². The molecule has 21 heavy (non-hydrogen) atoms. The molecule has 0 aliphatic heterocycles. The fourth-order valence-corrected chi connectivity index (χ4v) is 2.67. The predicted molar refractivity (Wildman–Crippen MR) is 81.8 cm³/mol. The molecular weight excluding hydrogens is 264 g/mol. The molecule has 0 saturated heterocycles. The van der Waals surface area contributed by atoms with Crippen LogP contribution in [0.2, 0.25) is 0 Å². The van der Waals surface area contributed by atoms with Gasteiger partial charge in [0.15, 0.2) is 0 Å². The van der Waals surface area contributed by atoms with Crippen molar-refractivity contribution in [2.24, 2.45) is 5.73 Å². The van der Waals surface area contributed by atoms with Gasteiger partial charge in [0.1, 0.15) is 11.5 Å². The molecule has 1 aromatic heterocycles. The smallest absolute Gasteiger partial charge is 0.223 e. The molecule has 0 amide bonds. The second kappa shape index (κ2) is 6.14. The van der Waals surface area contributed by atoms with E-state index in [1.165, 1.54) is 18.4 Å². The van der Waals surface area contributed by atoms with Gasteiger partial charge in [-0.3, -0.25) is 0 Å². The summed E-state index contributed by atoms with van der Waals surface area (Å²) in [5.41, 5.74) is 9.27. The predicted octanol–water partition coefficient (Wildman–Crippen LogP) is 3.22. The van der Waals surface area contributed by atoms with E-state index in [1.54, 1.807) is 7.11 Å². The maximum atomic E-state index is 5.94. The summed E-state index contributed by atoms with van der Waals surface area (Å²) in [6.45, 7) is 0.430. The zero-order chi connectivity index (χ0) is 14.7. The van der Waals surface area contributed by atoms with Gasteiger partial charge in [-0.25, -0.2) is 4.98 Å². The van der Waals surface area contributed by atoms with Gasteiger partial charge < -0.3 is 15.2 Å². The summed E-state index contributed by atoms with van der Waals surface area (Å²) in [6.07, 6.45) is 4.54. The zero-order valence-corrected chi connectivity index (χ0v) is 12.3. The van der Waals surface area contributed by atoms with Gasteiger partial charge in [0.25, 0.3) is 0 Å².